The Hall–Kier alpha value is -1.98. The maximum absolute atomic E-state index is 13.1. The van der Waals surface area contributed by atoms with Gasteiger partial charge in [0.25, 0.3) is 0 Å². The maximum Gasteiger partial charge on any atom is 0.242 e. The van der Waals surface area contributed by atoms with Gasteiger partial charge in [0.2, 0.25) is 11.8 Å². The van der Waals surface area contributed by atoms with Crippen LogP contribution in [0.15, 0.2) is 59.5 Å². The highest BCUT2D eigenvalue weighted by atomic mass is 35.5. The molecular formula is C24H29ClN2O2S. The summed E-state index contributed by atoms with van der Waals surface area (Å²) >= 11 is 7.78. The van der Waals surface area contributed by atoms with Gasteiger partial charge in [-0.15, -0.1) is 11.8 Å². The maximum atomic E-state index is 13.1. The molecule has 1 aliphatic carbocycles. The summed E-state index contributed by atoms with van der Waals surface area (Å²) in [6.45, 7) is 2.19. The molecule has 0 aliphatic heterocycles. The highest BCUT2D eigenvalue weighted by molar-refractivity contribution is 7.99. The van der Waals surface area contributed by atoms with Crippen molar-refractivity contribution >= 4 is 35.2 Å². The van der Waals surface area contributed by atoms with Crippen LogP contribution in [0.2, 0.25) is 5.02 Å². The molecule has 4 nitrogen and oxygen atoms in total. The molecule has 1 N–H and O–H groups in total. The molecule has 0 bridgehead atoms. The van der Waals surface area contributed by atoms with Crippen molar-refractivity contribution in [2.45, 2.75) is 62.6 Å². The minimum absolute atomic E-state index is 0.0209. The molecule has 2 aromatic carbocycles. The fraction of sp³-hybridized carbons (Fsp3) is 0.417. The van der Waals surface area contributed by atoms with Crippen molar-refractivity contribution in [1.29, 1.82) is 0 Å². The fourth-order valence-corrected chi connectivity index (χ4v) is 4.80. The topological polar surface area (TPSA) is 49.4 Å². The first-order chi connectivity index (χ1) is 14.5. The normalized spacial score (nSPS) is 15.0. The van der Waals surface area contributed by atoms with E-state index in [2.05, 4.69) is 5.32 Å². The van der Waals surface area contributed by atoms with Gasteiger partial charge < -0.3 is 10.2 Å². The van der Waals surface area contributed by atoms with Crippen LogP contribution in [0.1, 0.15) is 44.6 Å². The van der Waals surface area contributed by atoms with Crippen LogP contribution < -0.4 is 5.32 Å². The van der Waals surface area contributed by atoms with Crippen molar-refractivity contribution in [2.24, 2.45) is 0 Å². The molecule has 0 spiro atoms. The zero-order chi connectivity index (χ0) is 21.3. The number of carbonyl (C=O) groups excluding carboxylic acids is 2. The smallest absolute Gasteiger partial charge is 0.242 e. The molecular weight excluding hydrogens is 416 g/mol. The summed E-state index contributed by atoms with van der Waals surface area (Å²) in [5, 5.41) is 3.76. The largest absolute Gasteiger partial charge is 0.352 e. The van der Waals surface area contributed by atoms with Crippen LogP contribution in [0.3, 0.4) is 0 Å². The molecule has 2 aromatic rings. The number of hydrogen-bond donors (Lipinski definition) is 1. The molecule has 0 radical (unpaired) electrons. The van der Waals surface area contributed by atoms with Crippen molar-refractivity contribution in [1.82, 2.24) is 10.2 Å². The van der Waals surface area contributed by atoms with E-state index in [9.17, 15) is 9.59 Å². The third kappa shape index (κ3) is 6.78. The SMILES string of the molecule is C[C@@H](C(=O)NC1CCCC1)N(Cc1cccc(Cl)c1)C(=O)CCSc1ccccc1. The number of amides is 2. The molecule has 30 heavy (non-hydrogen) atoms. The predicted octanol–water partition coefficient (Wildman–Crippen LogP) is 5.30. The Morgan fingerprint density at radius 2 is 1.87 bits per heavy atom. The second-order valence-electron chi connectivity index (χ2n) is 7.73. The van der Waals surface area contributed by atoms with Crippen molar-refractivity contribution in [3.8, 4) is 0 Å². The van der Waals surface area contributed by atoms with Gasteiger partial charge in [0.05, 0.1) is 0 Å². The standard InChI is InChI=1S/C24H29ClN2O2S/c1-18(24(29)26-21-10-5-6-11-21)27(17-19-8-7-9-20(25)16-19)23(28)14-15-30-22-12-3-2-4-13-22/h2-4,7-9,12-13,16,18,21H,5-6,10-11,14-15,17H2,1H3,(H,26,29)/t18-/m0/s1. The lowest BCUT2D eigenvalue weighted by molar-refractivity contribution is -0.140. The van der Waals surface area contributed by atoms with E-state index in [1.54, 1.807) is 16.7 Å². The van der Waals surface area contributed by atoms with Gasteiger partial charge >= 0.3 is 0 Å². The van der Waals surface area contributed by atoms with Gasteiger partial charge in [-0.1, -0.05) is 54.8 Å². The van der Waals surface area contributed by atoms with Crippen molar-refractivity contribution < 1.29 is 9.59 Å². The number of rotatable bonds is 9. The molecule has 0 heterocycles. The first-order valence-electron chi connectivity index (χ1n) is 10.5. The first kappa shape index (κ1) is 22.7. The summed E-state index contributed by atoms with van der Waals surface area (Å²) in [4.78, 5) is 28.8. The van der Waals surface area contributed by atoms with Crippen LogP contribution in [0.4, 0.5) is 0 Å². The lowest BCUT2D eigenvalue weighted by Gasteiger charge is -2.30. The Kier molecular flexibility index (Phi) is 8.64. The molecule has 3 rings (SSSR count). The van der Waals surface area contributed by atoms with Crippen molar-refractivity contribution in [3.05, 3.63) is 65.2 Å². The zero-order valence-corrected chi connectivity index (χ0v) is 18.9. The molecule has 0 saturated heterocycles. The zero-order valence-electron chi connectivity index (χ0n) is 17.4. The summed E-state index contributed by atoms with van der Waals surface area (Å²) in [5.74, 6) is 0.576. The number of benzene rings is 2. The Morgan fingerprint density at radius 1 is 1.13 bits per heavy atom. The van der Waals surface area contributed by atoms with E-state index in [1.807, 2.05) is 61.5 Å². The third-order valence-corrected chi connectivity index (χ3v) is 6.69. The third-order valence-electron chi connectivity index (χ3n) is 5.44. The lowest BCUT2D eigenvalue weighted by Crippen LogP contribution is -2.49. The Morgan fingerprint density at radius 3 is 2.57 bits per heavy atom. The van der Waals surface area contributed by atoms with Crippen LogP contribution in [0, 0.1) is 0 Å². The summed E-state index contributed by atoms with van der Waals surface area (Å²) in [6.07, 6.45) is 4.73. The second-order valence-corrected chi connectivity index (χ2v) is 9.33. The van der Waals surface area contributed by atoms with Gasteiger partial charge in [-0.2, -0.15) is 0 Å². The molecule has 1 saturated carbocycles. The summed E-state index contributed by atoms with van der Waals surface area (Å²) < 4.78 is 0. The Labute approximate surface area is 188 Å². The number of halogens is 1. The van der Waals surface area contributed by atoms with E-state index in [-0.39, 0.29) is 17.9 Å². The van der Waals surface area contributed by atoms with Crippen LogP contribution in [-0.4, -0.2) is 34.6 Å². The van der Waals surface area contributed by atoms with Crippen molar-refractivity contribution in [2.75, 3.05) is 5.75 Å². The quantitative estimate of drug-likeness (QED) is 0.534. The van der Waals surface area contributed by atoms with Gasteiger partial charge in [-0.3, -0.25) is 9.59 Å². The van der Waals surface area contributed by atoms with Gasteiger partial charge in [0.1, 0.15) is 6.04 Å². The fourth-order valence-electron chi connectivity index (χ4n) is 3.72. The van der Waals surface area contributed by atoms with Gasteiger partial charge in [0, 0.05) is 34.7 Å². The summed E-state index contributed by atoms with van der Waals surface area (Å²) in [5.41, 5.74) is 0.923. The van der Waals surface area contributed by atoms with Gasteiger partial charge in [-0.05, 0) is 49.6 Å². The van der Waals surface area contributed by atoms with Crippen LogP contribution in [0.25, 0.3) is 0 Å². The minimum atomic E-state index is -0.529. The van der Waals surface area contributed by atoms with Crippen LogP contribution in [-0.2, 0) is 16.1 Å². The van der Waals surface area contributed by atoms with Gasteiger partial charge in [-0.25, -0.2) is 0 Å². The molecule has 160 valence electrons. The van der Waals surface area contributed by atoms with E-state index >= 15 is 0 Å². The van der Waals surface area contributed by atoms with E-state index < -0.39 is 6.04 Å². The molecule has 1 aliphatic rings. The van der Waals surface area contributed by atoms with Crippen LogP contribution >= 0.6 is 23.4 Å². The number of thioether (sulfide) groups is 1. The Balaban J connectivity index is 1.65. The first-order valence-corrected chi connectivity index (χ1v) is 11.9. The highest BCUT2D eigenvalue weighted by Crippen LogP contribution is 2.21. The predicted molar refractivity (Wildman–Crippen MR) is 124 cm³/mol. The number of hydrogen-bond acceptors (Lipinski definition) is 3. The van der Waals surface area contributed by atoms with Crippen molar-refractivity contribution in [3.63, 3.8) is 0 Å². The monoisotopic (exact) mass is 444 g/mol. The van der Waals surface area contributed by atoms with E-state index in [4.69, 9.17) is 11.6 Å². The number of carbonyl (C=O) groups is 2. The van der Waals surface area contributed by atoms with Crippen LogP contribution in [0.5, 0.6) is 0 Å². The summed E-state index contributed by atoms with van der Waals surface area (Å²) in [7, 11) is 0. The van der Waals surface area contributed by atoms with E-state index in [0.717, 1.165) is 36.1 Å². The minimum Gasteiger partial charge on any atom is -0.352 e. The second kappa shape index (κ2) is 11.4. The molecule has 1 atom stereocenters. The molecule has 1 fully saturated rings. The lowest BCUT2D eigenvalue weighted by atomic mass is 10.1. The molecule has 6 heteroatoms. The van der Waals surface area contributed by atoms with E-state index in [1.165, 1.54) is 0 Å². The average molecular weight is 445 g/mol. The molecule has 0 unspecified atom stereocenters. The number of nitrogens with zero attached hydrogens (tertiary/aromatic N) is 1. The van der Waals surface area contributed by atoms with E-state index in [0.29, 0.717) is 23.7 Å². The molecule has 2 amide bonds. The number of nitrogens with one attached hydrogen (secondary N) is 1. The summed E-state index contributed by atoms with van der Waals surface area (Å²) in [6, 6.07) is 17.2. The highest BCUT2D eigenvalue weighted by Gasteiger charge is 2.28. The molecule has 0 aromatic heterocycles. The van der Waals surface area contributed by atoms with Gasteiger partial charge in [0.15, 0.2) is 0 Å². The Bertz CT molecular complexity index is 840. The average Bonchev–Trinajstić information content (AvgIpc) is 3.25.